The molecule has 2 atom stereocenters. The summed E-state index contributed by atoms with van der Waals surface area (Å²) in [5, 5.41) is 8.97. The van der Waals surface area contributed by atoms with Gasteiger partial charge >= 0.3 is 5.97 Å². The van der Waals surface area contributed by atoms with Crippen molar-refractivity contribution in [3.8, 4) is 0 Å². The van der Waals surface area contributed by atoms with Crippen LogP contribution in [0.3, 0.4) is 0 Å². The number of aliphatic carboxylic acids is 1. The molecule has 120 valence electrons. The summed E-state index contributed by atoms with van der Waals surface area (Å²) in [6, 6.07) is 0. The summed E-state index contributed by atoms with van der Waals surface area (Å²) in [4.78, 5) is 40.1. The van der Waals surface area contributed by atoms with Crippen molar-refractivity contribution in [1.82, 2.24) is 14.7 Å². The van der Waals surface area contributed by atoms with Gasteiger partial charge in [-0.2, -0.15) is 0 Å². The Hall–Kier alpha value is -1.63. The van der Waals surface area contributed by atoms with Gasteiger partial charge in [-0.3, -0.25) is 19.3 Å². The van der Waals surface area contributed by atoms with Gasteiger partial charge in [-0.25, -0.2) is 0 Å². The Morgan fingerprint density at radius 3 is 2.00 bits per heavy atom. The Morgan fingerprint density at radius 2 is 1.57 bits per heavy atom. The molecule has 1 N–H and O–H groups in total. The van der Waals surface area contributed by atoms with Gasteiger partial charge in [0, 0.05) is 46.2 Å². The topological polar surface area (TPSA) is 81.2 Å². The van der Waals surface area contributed by atoms with Crippen LogP contribution in [0, 0.1) is 11.8 Å². The molecule has 0 aromatic rings. The molecule has 1 fully saturated rings. The molecule has 1 saturated heterocycles. The summed E-state index contributed by atoms with van der Waals surface area (Å²) < 4.78 is 0. The van der Waals surface area contributed by atoms with Crippen LogP contribution in [0.1, 0.15) is 13.8 Å². The summed E-state index contributed by atoms with van der Waals surface area (Å²) in [6.07, 6.45) is 0. The second kappa shape index (κ2) is 7.40. The minimum Gasteiger partial charge on any atom is -0.481 e. The maximum Gasteiger partial charge on any atom is 0.307 e. The van der Waals surface area contributed by atoms with Gasteiger partial charge in [0.1, 0.15) is 0 Å². The summed E-state index contributed by atoms with van der Waals surface area (Å²) in [6.45, 7) is 5.92. The molecule has 0 aromatic heterocycles. The number of piperazine rings is 1. The molecule has 2 amide bonds. The first-order valence-electron chi connectivity index (χ1n) is 7.18. The van der Waals surface area contributed by atoms with Crippen LogP contribution in [0.2, 0.25) is 0 Å². The number of hydrogen-bond acceptors (Lipinski definition) is 4. The van der Waals surface area contributed by atoms with Crippen molar-refractivity contribution in [1.29, 1.82) is 0 Å². The Morgan fingerprint density at radius 1 is 1.05 bits per heavy atom. The lowest BCUT2D eigenvalue weighted by atomic mass is 9.94. The minimum atomic E-state index is -0.953. The van der Waals surface area contributed by atoms with Crippen molar-refractivity contribution in [2.24, 2.45) is 11.8 Å². The fourth-order valence-corrected chi connectivity index (χ4v) is 2.17. The molecule has 0 saturated carbocycles. The van der Waals surface area contributed by atoms with E-state index < -0.39 is 17.8 Å². The highest BCUT2D eigenvalue weighted by Gasteiger charge is 2.31. The number of carboxylic acid groups (broad SMARTS) is 1. The number of likely N-dealkylation sites (N-methyl/N-ethyl adjacent to an activating group) is 1. The van der Waals surface area contributed by atoms with Crippen molar-refractivity contribution >= 4 is 17.8 Å². The van der Waals surface area contributed by atoms with E-state index in [0.717, 1.165) is 0 Å². The van der Waals surface area contributed by atoms with Crippen LogP contribution in [0.15, 0.2) is 0 Å². The summed E-state index contributed by atoms with van der Waals surface area (Å²) in [5.74, 6) is -2.25. The molecule has 0 aliphatic carbocycles. The van der Waals surface area contributed by atoms with Gasteiger partial charge in [0.15, 0.2) is 0 Å². The van der Waals surface area contributed by atoms with E-state index in [1.807, 2.05) is 4.90 Å². The molecule has 1 rings (SSSR count). The number of carbonyl (C=O) groups is 3. The van der Waals surface area contributed by atoms with Crippen molar-refractivity contribution < 1.29 is 19.5 Å². The van der Waals surface area contributed by atoms with Crippen LogP contribution in [0.5, 0.6) is 0 Å². The third-order valence-electron chi connectivity index (χ3n) is 4.07. The lowest BCUT2D eigenvalue weighted by Gasteiger charge is -2.36. The zero-order valence-corrected chi connectivity index (χ0v) is 13.2. The molecule has 0 aromatic carbocycles. The minimum absolute atomic E-state index is 0.0441. The second-order valence-corrected chi connectivity index (χ2v) is 5.81. The van der Waals surface area contributed by atoms with Crippen LogP contribution < -0.4 is 0 Å². The van der Waals surface area contributed by atoms with Crippen LogP contribution in [-0.4, -0.2) is 84.4 Å². The first-order valence-corrected chi connectivity index (χ1v) is 7.18. The lowest BCUT2D eigenvalue weighted by molar-refractivity contribution is -0.150. The fourth-order valence-electron chi connectivity index (χ4n) is 2.17. The first-order chi connectivity index (χ1) is 9.73. The van der Waals surface area contributed by atoms with Gasteiger partial charge in [-0.15, -0.1) is 0 Å². The number of rotatable bonds is 5. The molecule has 0 spiro atoms. The van der Waals surface area contributed by atoms with Gasteiger partial charge < -0.3 is 14.9 Å². The molecule has 1 aliphatic heterocycles. The Balaban J connectivity index is 2.47. The first kappa shape index (κ1) is 17.4. The SMILES string of the molecule is CC(C(=O)O)C(C)C(=O)N1CCN(CC(=O)N(C)C)CC1. The van der Waals surface area contributed by atoms with E-state index in [0.29, 0.717) is 32.7 Å². The van der Waals surface area contributed by atoms with Crippen LogP contribution in [0.4, 0.5) is 0 Å². The van der Waals surface area contributed by atoms with Crippen LogP contribution in [-0.2, 0) is 14.4 Å². The third kappa shape index (κ3) is 4.70. The highest BCUT2D eigenvalue weighted by molar-refractivity contribution is 5.84. The average Bonchev–Trinajstić information content (AvgIpc) is 2.45. The zero-order valence-electron chi connectivity index (χ0n) is 13.2. The smallest absolute Gasteiger partial charge is 0.307 e. The average molecular weight is 299 g/mol. The molecule has 7 heteroatoms. The molecule has 0 bridgehead atoms. The molecule has 2 unspecified atom stereocenters. The Kier molecular flexibility index (Phi) is 6.14. The standard InChI is InChI=1S/C14H25N3O4/c1-10(11(2)14(20)21)13(19)17-7-5-16(6-8-17)9-12(18)15(3)4/h10-11H,5-9H2,1-4H3,(H,20,21). The largest absolute Gasteiger partial charge is 0.481 e. The second-order valence-electron chi connectivity index (χ2n) is 5.81. The summed E-state index contributed by atoms with van der Waals surface area (Å²) in [7, 11) is 3.44. The summed E-state index contributed by atoms with van der Waals surface area (Å²) >= 11 is 0. The van der Waals surface area contributed by atoms with Crippen LogP contribution in [0.25, 0.3) is 0 Å². The number of carboxylic acids is 1. The molecule has 0 radical (unpaired) electrons. The third-order valence-corrected chi connectivity index (χ3v) is 4.07. The van der Waals surface area contributed by atoms with Gasteiger partial charge in [0.2, 0.25) is 11.8 Å². The Labute approximate surface area is 125 Å². The molecule has 1 aliphatic rings. The molecular weight excluding hydrogens is 274 g/mol. The zero-order chi connectivity index (χ0) is 16.2. The number of nitrogens with zero attached hydrogens (tertiary/aromatic N) is 3. The predicted molar refractivity (Wildman–Crippen MR) is 77.7 cm³/mol. The highest BCUT2D eigenvalue weighted by Crippen LogP contribution is 2.16. The van der Waals surface area contributed by atoms with E-state index in [9.17, 15) is 14.4 Å². The number of hydrogen-bond donors (Lipinski definition) is 1. The quantitative estimate of drug-likeness (QED) is 0.745. The monoisotopic (exact) mass is 299 g/mol. The fraction of sp³-hybridized carbons (Fsp3) is 0.786. The van der Waals surface area contributed by atoms with E-state index in [1.54, 1.807) is 37.7 Å². The van der Waals surface area contributed by atoms with Crippen molar-refractivity contribution in [2.45, 2.75) is 13.8 Å². The normalized spacial score (nSPS) is 19.0. The van der Waals surface area contributed by atoms with Gasteiger partial charge in [-0.1, -0.05) is 13.8 Å². The molecule has 1 heterocycles. The van der Waals surface area contributed by atoms with Crippen LogP contribution >= 0.6 is 0 Å². The molecular formula is C14H25N3O4. The van der Waals surface area contributed by atoms with E-state index in [1.165, 1.54) is 0 Å². The predicted octanol–water partition coefficient (Wildman–Crippen LogP) is -0.424. The highest BCUT2D eigenvalue weighted by atomic mass is 16.4. The van der Waals surface area contributed by atoms with Gasteiger partial charge in [0.05, 0.1) is 12.5 Å². The van der Waals surface area contributed by atoms with E-state index in [4.69, 9.17) is 5.11 Å². The van der Waals surface area contributed by atoms with E-state index >= 15 is 0 Å². The van der Waals surface area contributed by atoms with Gasteiger partial charge in [0.25, 0.3) is 0 Å². The van der Waals surface area contributed by atoms with Crippen molar-refractivity contribution in [2.75, 3.05) is 46.8 Å². The van der Waals surface area contributed by atoms with E-state index in [2.05, 4.69) is 0 Å². The lowest BCUT2D eigenvalue weighted by Crippen LogP contribution is -2.52. The maximum absolute atomic E-state index is 12.2. The Bertz CT molecular complexity index is 403. The molecule has 21 heavy (non-hydrogen) atoms. The number of amides is 2. The van der Waals surface area contributed by atoms with Gasteiger partial charge in [-0.05, 0) is 0 Å². The van der Waals surface area contributed by atoms with Crippen molar-refractivity contribution in [3.63, 3.8) is 0 Å². The van der Waals surface area contributed by atoms with E-state index in [-0.39, 0.29) is 11.8 Å². The molecule has 7 nitrogen and oxygen atoms in total. The van der Waals surface area contributed by atoms with Crippen molar-refractivity contribution in [3.05, 3.63) is 0 Å². The summed E-state index contributed by atoms with van der Waals surface area (Å²) in [5.41, 5.74) is 0. The maximum atomic E-state index is 12.2. The number of carbonyl (C=O) groups excluding carboxylic acids is 2.